The lowest BCUT2D eigenvalue weighted by molar-refractivity contribution is -0.192. The molecule has 2 aromatic carbocycles. The fraction of sp³-hybridized carbons (Fsp3) is 0.480. The van der Waals surface area contributed by atoms with Crippen LogP contribution in [-0.2, 0) is 15.1 Å². The summed E-state index contributed by atoms with van der Waals surface area (Å²) in [6, 6.07) is 10.4. The summed E-state index contributed by atoms with van der Waals surface area (Å²) in [5.41, 5.74) is 0.356. The summed E-state index contributed by atoms with van der Waals surface area (Å²) in [5.74, 6) is -0.688. The van der Waals surface area contributed by atoms with Crippen LogP contribution in [-0.4, -0.2) is 17.7 Å². The van der Waals surface area contributed by atoms with Crippen molar-refractivity contribution in [3.05, 3.63) is 59.7 Å². The number of rotatable bonds is 7. The maximum atomic E-state index is 14.4. The molecule has 2 aromatic rings. The molecule has 0 radical (unpaired) electrons. The van der Waals surface area contributed by atoms with Crippen molar-refractivity contribution >= 4 is 5.97 Å². The Bertz CT molecular complexity index is 980. The molecule has 1 N–H and O–H groups in total. The van der Waals surface area contributed by atoms with E-state index in [4.69, 9.17) is 14.6 Å². The third-order valence-electron chi connectivity index (χ3n) is 7.49. The highest BCUT2D eigenvalue weighted by Crippen LogP contribution is 2.57. The van der Waals surface area contributed by atoms with Crippen LogP contribution in [0.25, 0.3) is 0 Å². The molecule has 2 saturated heterocycles. The molecule has 2 unspecified atom stereocenters. The number of hydrogen-bond acceptors (Lipinski definition) is 3. The van der Waals surface area contributed by atoms with Crippen LogP contribution in [0.3, 0.4) is 0 Å². The van der Waals surface area contributed by atoms with Gasteiger partial charge in [-0.2, -0.15) is 0 Å². The SMILES string of the molecule is O=C(O)C1CC1CCC12CCC(c3cc(F)cc(Oc4cccc(F)c4)c3)(CC1)OC2. The Morgan fingerprint density at radius 2 is 1.84 bits per heavy atom. The molecule has 0 amide bonds. The number of fused-ring (bicyclic) bond motifs is 3. The molecule has 4 fully saturated rings. The van der Waals surface area contributed by atoms with Gasteiger partial charge >= 0.3 is 5.97 Å². The Morgan fingerprint density at radius 3 is 2.48 bits per heavy atom. The van der Waals surface area contributed by atoms with Crippen molar-refractivity contribution in [1.29, 1.82) is 0 Å². The van der Waals surface area contributed by atoms with E-state index in [1.807, 2.05) is 0 Å². The number of hydrogen-bond donors (Lipinski definition) is 1. The number of carboxylic acid groups (broad SMARTS) is 1. The minimum Gasteiger partial charge on any atom is -0.481 e. The van der Waals surface area contributed by atoms with Crippen molar-refractivity contribution in [3.63, 3.8) is 0 Å². The number of ether oxygens (including phenoxy) is 2. The Kier molecular flexibility index (Phi) is 5.00. The van der Waals surface area contributed by atoms with Gasteiger partial charge in [-0.3, -0.25) is 4.79 Å². The summed E-state index contributed by atoms with van der Waals surface area (Å²) in [6.45, 7) is 0.619. The largest absolute Gasteiger partial charge is 0.481 e. The second kappa shape index (κ2) is 7.59. The summed E-state index contributed by atoms with van der Waals surface area (Å²) in [4.78, 5) is 11.1. The van der Waals surface area contributed by atoms with Crippen molar-refractivity contribution in [1.82, 2.24) is 0 Å². The van der Waals surface area contributed by atoms with Crippen LogP contribution in [0.2, 0.25) is 0 Å². The van der Waals surface area contributed by atoms with Crippen LogP contribution in [0.5, 0.6) is 11.5 Å². The third-order valence-corrected chi connectivity index (χ3v) is 7.49. The molecule has 2 heterocycles. The molecule has 0 spiro atoms. The minimum absolute atomic E-state index is 0.113. The Hall–Kier alpha value is -2.47. The van der Waals surface area contributed by atoms with E-state index < -0.39 is 23.2 Å². The number of halogens is 2. The molecule has 2 aliphatic heterocycles. The van der Waals surface area contributed by atoms with Crippen LogP contribution in [0.15, 0.2) is 42.5 Å². The van der Waals surface area contributed by atoms with Gasteiger partial charge in [-0.25, -0.2) is 8.78 Å². The zero-order valence-corrected chi connectivity index (χ0v) is 17.3. The van der Waals surface area contributed by atoms with Crippen molar-refractivity contribution in [2.24, 2.45) is 17.3 Å². The van der Waals surface area contributed by atoms with Gasteiger partial charge in [0, 0.05) is 12.1 Å². The molecule has 31 heavy (non-hydrogen) atoms. The molecule has 0 aromatic heterocycles. The number of aliphatic carboxylic acids is 1. The Labute approximate surface area is 180 Å². The smallest absolute Gasteiger partial charge is 0.306 e. The van der Waals surface area contributed by atoms with Gasteiger partial charge in [0.25, 0.3) is 0 Å². The number of carboxylic acids is 1. The predicted molar refractivity (Wildman–Crippen MR) is 110 cm³/mol. The number of benzene rings is 2. The maximum Gasteiger partial charge on any atom is 0.306 e. The first-order chi connectivity index (χ1) is 14.9. The van der Waals surface area contributed by atoms with Gasteiger partial charge in [0.2, 0.25) is 0 Å². The van der Waals surface area contributed by atoms with Crippen LogP contribution >= 0.6 is 0 Å². The zero-order valence-electron chi connectivity index (χ0n) is 17.3. The maximum absolute atomic E-state index is 14.4. The van der Waals surface area contributed by atoms with Gasteiger partial charge in [-0.1, -0.05) is 6.07 Å². The predicted octanol–water partition coefficient (Wildman–Crippen LogP) is 6.04. The summed E-state index contributed by atoms with van der Waals surface area (Å²) in [5, 5.41) is 9.12. The first-order valence-corrected chi connectivity index (χ1v) is 11.0. The molecular weight excluding hydrogens is 402 g/mol. The molecule has 4 aliphatic rings. The van der Waals surface area contributed by atoms with E-state index in [9.17, 15) is 13.6 Å². The van der Waals surface area contributed by atoms with E-state index in [-0.39, 0.29) is 11.3 Å². The van der Waals surface area contributed by atoms with Crippen molar-refractivity contribution in [2.45, 2.75) is 50.5 Å². The Balaban J connectivity index is 1.27. The molecule has 6 heteroatoms. The lowest BCUT2D eigenvalue weighted by Crippen LogP contribution is -2.49. The molecule has 2 aliphatic carbocycles. The number of carbonyl (C=O) groups is 1. The first kappa shape index (κ1) is 20.4. The van der Waals surface area contributed by atoms with Gasteiger partial charge in [-0.05, 0) is 86.1 Å². The summed E-state index contributed by atoms with van der Waals surface area (Å²) in [7, 11) is 0. The Morgan fingerprint density at radius 1 is 1.06 bits per heavy atom. The molecule has 4 nitrogen and oxygen atoms in total. The lowest BCUT2D eigenvalue weighted by atomic mass is 9.62. The lowest BCUT2D eigenvalue weighted by Gasteiger charge is -2.53. The van der Waals surface area contributed by atoms with Gasteiger partial charge < -0.3 is 14.6 Å². The standard InChI is InChI=1S/C25H26F2O4/c26-18-2-1-3-20(13-18)31-21-12-17(11-19(27)14-21)25-8-6-24(7-9-25,15-30-25)5-4-16-10-22(16)23(28)29/h1-3,11-14,16,22H,4-10,15H2,(H,28,29). The normalized spacial score (nSPS) is 31.4. The summed E-state index contributed by atoms with van der Waals surface area (Å²) < 4.78 is 39.9. The highest BCUT2D eigenvalue weighted by atomic mass is 19.1. The van der Waals surface area contributed by atoms with Crippen molar-refractivity contribution < 1.29 is 28.2 Å². The summed E-state index contributed by atoms with van der Waals surface area (Å²) in [6.07, 6.45) is 6.34. The van der Waals surface area contributed by atoms with Crippen molar-refractivity contribution in [3.8, 4) is 11.5 Å². The van der Waals surface area contributed by atoms with Crippen LogP contribution in [0.4, 0.5) is 8.78 Å². The van der Waals surface area contributed by atoms with E-state index in [2.05, 4.69) is 0 Å². The van der Waals surface area contributed by atoms with Gasteiger partial charge in [0.1, 0.15) is 23.1 Å². The highest BCUT2D eigenvalue weighted by Gasteiger charge is 2.52. The van der Waals surface area contributed by atoms with E-state index in [1.54, 1.807) is 18.2 Å². The van der Waals surface area contributed by atoms with Crippen molar-refractivity contribution in [2.75, 3.05) is 6.61 Å². The van der Waals surface area contributed by atoms with E-state index >= 15 is 0 Å². The average Bonchev–Trinajstić information content (AvgIpc) is 3.54. The van der Waals surface area contributed by atoms with Crippen LogP contribution in [0.1, 0.15) is 50.5 Å². The minimum atomic E-state index is -0.674. The molecule has 6 rings (SSSR count). The second-order valence-electron chi connectivity index (χ2n) is 9.50. The van der Waals surface area contributed by atoms with Crippen LogP contribution in [0, 0.1) is 28.9 Å². The topological polar surface area (TPSA) is 55.8 Å². The molecular formula is C25H26F2O4. The van der Waals surface area contributed by atoms with E-state index in [0.29, 0.717) is 24.0 Å². The van der Waals surface area contributed by atoms with E-state index in [0.717, 1.165) is 50.5 Å². The fourth-order valence-electron chi connectivity index (χ4n) is 5.37. The summed E-state index contributed by atoms with van der Waals surface area (Å²) >= 11 is 0. The highest BCUT2D eigenvalue weighted by molar-refractivity contribution is 5.73. The van der Waals surface area contributed by atoms with Gasteiger partial charge in [-0.15, -0.1) is 0 Å². The fourth-order valence-corrected chi connectivity index (χ4v) is 5.37. The monoisotopic (exact) mass is 428 g/mol. The van der Waals surface area contributed by atoms with E-state index in [1.165, 1.54) is 24.3 Å². The third kappa shape index (κ3) is 4.05. The molecule has 2 saturated carbocycles. The molecule has 164 valence electrons. The quantitative estimate of drug-likeness (QED) is 0.584. The molecule has 2 bridgehead atoms. The zero-order chi connectivity index (χ0) is 21.6. The van der Waals surface area contributed by atoms with Gasteiger partial charge in [0.05, 0.1) is 18.1 Å². The molecule has 2 atom stereocenters. The average molecular weight is 428 g/mol. The first-order valence-electron chi connectivity index (χ1n) is 11.0. The van der Waals surface area contributed by atoms with Crippen LogP contribution < -0.4 is 4.74 Å². The second-order valence-corrected chi connectivity index (χ2v) is 9.50. The van der Waals surface area contributed by atoms with Gasteiger partial charge in [0.15, 0.2) is 0 Å².